The van der Waals surface area contributed by atoms with Gasteiger partial charge in [-0.05, 0) is 12.1 Å². The second-order valence-electron chi connectivity index (χ2n) is 3.99. The minimum Gasteiger partial charge on any atom is -0.364 e. The predicted octanol–water partition coefficient (Wildman–Crippen LogP) is 1.91. The quantitative estimate of drug-likeness (QED) is 0.746. The lowest BCUT2D eigenvalue weighted by molar-refractivity contribution is 0.0931. The fraction of sp³-hybridized carbons (Fsp3) is 0.154. The Kier molecular flexibility index (Phi) is 2.03. The summed E-state index contributed by atoms with van der Waals surface area (Å²) in [5, 5.41) is 6.30. The predicted molar refractivity (Wildman–Crippen MR) is 63.1 cm³/mol. The Morgan fingerprint density at radius 1 is 1.00 bits per heavy atom. The molecule has 0 spiro atoms. The normalized spacial score (nSPS) is 22.8. The number of amides is 1. The maximum atomic E-state index is 11.9. The van der Waals surface area contributed by atoms with Gasteiger partial charge in [0.05, 0.1) is 5.56 Å². The van der Waals surface area contributed by atoms with Gasteiger partial charge in [-0.2, -0.15) is 0 Å². The number of hydrogen-bond donors (Lipinski definition) is 2. The molecule has 3 nitrogen and oxygen atoms in total. The van der Waals surface area contributed by atoms with E-state index < -0.39 is 0 Å². The van der Waals surface area contributed by atoms with Gasteiger partial charge in [-0.3, -0.25) is 4.79 Å². The van der Waals surface area contributed by atoms with E-state index in [0.717, 1.165) is 5.69 Å². The first-order chi connectivity index (χ1) is 7.84. The first-order valence-electron chi connectivity index (χ1n) is 5.36. The number of rotatable bonds is 1. The topological polar surface area (TPSA) is 41.1 Å². The highest BCUT2D eigenvalue weighted by Gasteiger charge is 2.27. The summed E-state index contributed by atoms with van der Waals surface area (Å²) in [6.07, 6.45) is 8.10. The molecule has 1 amide bonds. The Hall–Kier alpha value is -2.03. The molecule has 0 saturated heterocycles. The van der Waals surface area contributed by atoms with Crippen LogP contribution in [0.4, 0.5) is 5.69 Å². The van der Waals surface area contributed by atoms with E-state index in [1.54, 1.807) is 0 Å². The van der Waals surface area contributed by atoms with Crippen LogP contribution in [0.5, 0.6) is 0 Å². The molecule has 0 saturated carbocycles. The molecule has 1 atom stereocenters. The summed E-state index contributed by atoms with van der Waals surface area (Å²) in [5.74, 6) is 0.227. The van der Waals surface area contributed by atoms with Crippen molar-refractivity contribution in [2.24, 2.45) is 5.92 Å². The first kappa shape index (κ1) is 9.21. The van der Waals surface area contributed by atoms with Gasteiger partial charge in [0.25, 0.3) is 5.91 Å². The van der Waals surface area contributed by atoms with Crippen LogP contribution in [-0.4, -0.2) is 12.1 Å². The van der Waals surface area contributed by atoms with E-state index in [-0.39, 0.29) is 18.0 Å². The average Bonchev–Trinajstić information content (AvgIpc) is 2.82. The number of para-hydroxylation sites is 1. The molecule has 16 heavy (non-hydrogen) atoms. The molecule has 3 heteroatoms. The van der Waals surface area contributed by atoms with Crippen LogP contribution in [-0.2, 0) is 0 Å². The van der Waals surface area contributed by atoms with E-state index in [9.17, 15) is 4.79 Å². The third-order valence-electron chi connectivity index (χ3n) is 2.93. The first-order valence-corrected chi connectivity index (χ1v) is 5.36. The number of fused-ring (bicyclic) bond motifs is 1. The Balaban J connectivity index is 1.92. The van der Waals surface area contributed by atoms with E-state index in [0.29, 0.717) is 5.56 Å². The number of carbonyl (C=O) groups is 1. The molecule has 1 heterocycles. The van der Waals surface area contributed by atoms with Gasteiger partial charge in [-0.1, -0.05) is 36.4 Å². The molecule has 3 rings (SSSR count). The summed E-state index contributed by atoms with van der Waals surface area (Å²) >= 11 is 0. The largest absolute Gasteiger partial charge is 0.364 e. The summed E-state index contributed by atoms with van der Waals surface area (Å²) in [5.41, 5.74) is 1.62. The molecule has 0 bridgehead atoms. The number of carbonyl (C=O) groups excluding carboxylic acids is 1. The van der Waals surface area contributed by atoms with Gasteiger partial charge in [0.2, 0.25) is 0 Å². The van der Waals surface area contributed by atoms with Crippen LogP contribution in [0.3, 0.4) is 0 Å². The van der Waals surface area contributed by atoms with Crippen molar-refractivity contribution >= 4 is 11.6 Å². The van der Waals surface area contributed by atoms with Crippen LogP contribution in [0.1, 0.15) is 10.4 Å². The number of nitrogens with one attached hydrogen (secondary N) is 2. The van der Waals surface area contributed by atoms with Crippen molar-refractivity contribution < 1.29 is 4.79 Å². The van der Waals surface area contributed by atoms with Crippen molar-refractivity contribution in [3.8, 4) is 0 Å². The van der Waals surface area contributed by atoms with E-state index in [1.165, 1.54) is 0 Å². The van der Waals surface area contributed by atoms with Crippen LogP contribution in [0.25, 0.3) is 0 Å². The highest BCUT2D eigenvalue weighted by Crippen LogP contribution is 2.24. The molecular formula is C13H12N2O. The zero-order valence-corrected chi connectivity index (χ0v) is 8.68. The van der Waals surface area contributed by atoms with Gasteiger partial charge in [0.15, 0.2) is 0 Å². The summed E-state index contributed by atoms with van der Waals surface area (Å²) in [6.45, 7) is 0. The van der Waals surface area contributed by atoms with Gasteiger partial charge >= 0.3 is 0 Å². The van der Waals surface area contributed by atoms with Crippen molar-refractivity contribution in [3.63, 3.8) is 0 Å². The maximum Gasteiger partial charge on any atom is 0.254 e. The lowest BCUT2D eigenvalue weighted by atomic mass is 10.0. The third-order valence-corrected chi connectivity index (χ3v) is 2.93. The molecular weight excluding hydrogens is 200 g/mol. The van der Waals surface area contributed by atoms with Crippen LogP contribution in [0.2, 0.25) is 0 Å². The summed E-state index contributed by atoms with van der Waals surface area (Å²) in [4.78, 5) is 11.9. The molecule has 1 aliphatic carbocycles. The van der Waals surface area contributed by atoms with Crippen LogP contribution in [0.15, 0.2) is 48.6 Å². The smallest absolute Gasteiger partial charge is 0.254 e. The zero-order chi connectivity index (χ0) is 11.0. The molecule has 1 aromatic rings. The summed E-state index contributed by atoms with van der Waals surface area (Å²) in [7, 11) is 0. The van der Waals surface area contributed by atoms with E-state index in [1.807, 2.05) is 36.4 Å². The van der Waals surface area contributed by atoms with Crippen LogP contribution >= 0.6 is 0 Å². The Morgan fingerprint density at radius 2 is 1.75 bits per heavy atom. The molecule has 0 aromatic heterocycles. The van der Waals surface area contributed by atoms with Crippen LogP contribution in [0, 0.1) is 5.92 Å². The van der Waals surface area contributed by atoms with Crippen molar-refractivity contribution in [2.45, 2.75) is 6.17 Å². The fourth-order valence-corrected chi connectivity index (χ4v) is 2.09. The minimum absolute atomic E-state index is 0.00644. The second-order valence-corrected chi connectivity index (χ2v) is 3.99. The van der Waals surface area contributed by atoms with Crippen LogP contribution < -0.4 is 10.6 Å². The number of anilines is 1. The van der Waals surface area contributed by atoms with Gasteiger partial charge in [0.1, 0.15) is 6.17 Å². The highest BCUT2D eigenvalue weighted by atomic mass is 16.2. The Bertz CT molecular complexity index is 478. The fourth-order valence-electron chi connectivity index (χ4n) is 2.09. The van der Waals surface area contributed by atoms with Crippen molar-refractivity contribution in [1.82, 2.24) is 5.32 Å². The molecule has 1 unspecified atom stereocenters. The zero-order valence-electron chi connectivity index (χ0n) is 8.68. The molecule has 2 aliphatic rings. The standard InChI is InChI=1S/C13H12N2O/c16-13-10-7-3-4-8-11(10)14-12(15-13)9-5-1-2-6-9/h1-9,12,14H,(H,15,16). The van der Waals surface area contributed by atoms with Crippen molar-refractivity contribution in [2.75, 3.05) is 5.32 Å². The van der Waals surface area contributed by atoms with Gasteiger partial charge in [-0.25, -0.2) is 0 Å². The minimum atomic E-state index is -0.0441. The third kappa shape index (κ3) is 1.41. The van der Waals surface area contributed by atoms with E-state index in [2.05, 4.69) is 22.8 Å². The summed E-state index contributed by atoms with van der Waals surface area (Å²) < 4.78 is 0. The van der Waals surface area contributed by atoms with Gasteiger partial charge < -0.3 is 10.6 Å². The maximum absolute atomic E-state index is 11.9. The lowest BCUT2D eigenvalue weighted by Crippen LogP contribution is -2.48. The highest BCUT2D eigenvalue weighted by molar-refractivity contribution is 6.01. The SMILES string of the molecule is O=C1NC(C2C=CC=C2)Nc2ccccc21. The molecule has 80 valence electrons. The molecule has 2 N–H and O–H groups in total. The van der Waals surface area contributed by atoms with E-state index in [4.69, 9.17) is 0 Å². The Labute approximate surface area is 93.9 Å². The van der Waals surface area contributed by atoms with Gasteiger partial charge in [-0.15, -0.1) is 0 Å². The molecule has 0 fully saturated rings. The van der Waals surface area contributed by atoms with E-state index >= 15 is 0 Å². The number of hydrogen-bond acceptors (Lipinski definition) is 2. The summed E-state index contributed by atoms with van der Waals surface area (Å²) in [6, 6.07) is 7.56. The molecule has 1 aromatic carbocycles. The number of benzene rings is 1. The molecule has 0 radical (unpaired) electrons. The molecule has 1 aliphatic heterocycles. The monoisotopic (exact) mass is 212 g/mol. The Morgan fingerprint density at radius 3 is 2.56 bits per heavy atom. The average molecular weight is 212 g/mol. The second kappa shape index (κ2) is 3.52. The van der Waals surface area contributed by atoms with Crippen molar-refractivity contribution in [3.05, 3.63) is 54.1 Å². The lowest BCUT2D eigenvalue weighted by Gasteiger charge is -2.30. The number of allylic oxidation sites excluding steroid dienone is 2. The van der Waals surface area contributed by atoms with Crippen molar-refractivity contribution in [1.29, 1.82) is 0 Å². The van der Waals surface area contributed by atoms with Gasteiger partial charge in [0, 0.05) is 11.6 Å².